The third-order valence-corrected chi connectivity index (χ3v) is 4.83. The Hall–Kier alpha value is -0.720. The first kappa shape index (κ1) is 15.2. The van der Waals surface area contributed by atoms with Gasteiger partial charge in [0.2, 0.25) is 0 Å². The van der Waals surface area contributed by atoms with E-state index in [1.807, 2.05) is 17.2 Å². The summed E-state index contributed by atoms with van der Waals surface area (Å²) in [6, 6.07) is 4.11. The van der Waals surface area contributed by atoms with Crippen LogP contribution < -0.4 is 0 Å². The number of pyridine rings is 1. The maximum atomic E-state index is 13.4. The molecule has 3 nitrogen and oxygen atoms in total. The first-order valence-corrected chi connectivity index (χ1v) is 8.51. The summed E-state index contributed by atoms with van der Waals surface area (Å²) in [6.45, 7) is 2.28. The second kappa shape index (κ2) is 6.18. The van der Waals surface area contributed by atoms with E-state index in [4.69, 9.17) is 4.74 Å². The Morgan fingerprint density at radius 1 is 1.48 bits per heavy atom. The molecule has 2 fully saturated rings. The first-order chi connectivity index (χ1) is 10.1. The number of hydrogen-bond acceptors (Lipinski definition) is 4. The van der Waals surface area contributed by atoms with Crippen LogP contribution in [0.5, 0.6) is 0 Å². The number of halogens is 2. The van der Waals surface area contributed by atoms with Crippen LogP contribution >= 0.6 is 11.8 Å². The summed E-state index contributed by atoms with van der Waals surface area (Å²) in [7, 11) is 0. The lowest BCUT2D eigenvalue weighted by Crippen LogP contribution is -2.26. The highest BCUT2D eigenvalue weighted by molar-refractivity contribution is 7.98. The molecule has 0 aromatic carbocycles. The molecule has 1 aromatic heterocycles. The summed E-state index contributed by atoms with van der Waals surface area (Å²) >= 11 is 1.58. The molecule has 2 saturated heterocycles. The van der Waals surface area contributed by atoms with E-state index in [9.17, 15) is 8.78 Å². The molecule has 116 valence electrons. The Balaban J connectivity index is 1.81. The van der Waals surface area contributed by atoms with E-state index in [2.05, 4.69) is 11.1 Å². The lowest BCUT2D eigenvalue weighted by Gasteiger charge is -2.20. The second-order valence-electron chi connectivity index (χ2n) is 5.77. The Kier molecular flexibility index (Phi) is 4.47. The summed E-state index contributed by atoms with van der Waals surface area (Å²) in [5, 5.41) is 0.943. The van der Waals surface area contributed by atoms with Crippen molar-refractivity contribution in [3.05, 3.63) is 23.4 Å². The van der Waals surface area contributed by atoms with E-state index < -0.39 is 5.92 Å². The maximum absolute atomic E-state index is 13.4. The molecule has 0 aliphatic carbocycles. The Bertz CT molecular complexity index is 506. The van der Waals surface area contributed by atoms with Gasteiger partial charge in [-0.3, -0.25) is 4.90 Å². The molecule has 3 heterocycles. The molecule has 2 aliphatic heterocycles. The third kappa shape index (κ3) is 3.55. The van der Waals surface area contributed by atoms with Gasteiger partial charge in [-0.05, 0) is 24.3 Å². The SMILES string of the molecule is CSc1ccc([C@@H]2CCOC2)c(CN2CCC(F)(F)C2)n1. The van der Waals surface area contributed by atoms with Crippen molar-refractivity contribution in [3.63, 3.8) is 0 Å². The molecule has 0 saturated carbocycles. The van der Waals surface area contributed by atoms with Crippen LogP contribution in [0.15, 0.2) is 17.2 Å². The van der Waals surface area contributed by atoms with E-state index in [0.717, 1.165) is 23.7 Å². The predicted molar refractivity (Wildman–Crippen MR) is 79.0 cm³/mol. The van der Waals surface area contributed by atoms with E-state index in [1.165, 1.54) is 5.56 Å². The van der Waals surface area contributed by atoms with E-state index in [-0.39, 0.29) is 13.0 Å². The monoisotopic (exact) mass is 314 g/mol. The maximum Gasteiger partial charge on any atom is 0.261 e. The highest BCUT2D eigenvalue weighted by Gasteiger charge is 2.38. The Labute approximate surface area is 128 Å². The lowest BCUT2D eigenvalue weighted by molar-refractivity contribution is 0.0113. The van der Waals surface area contributed by atoms with E-state index in [1.54, 1.807) is 11.8 Å². The molecule has 0 spiro atoms. The quantitative estimate of drug-likeness (QED) is 0.797. The van der Waals surface area contributed by atoms with Crippen molar-refractivity contribution in [2.24, 2.45) is 0 Å². The Morgan fingerprint density at radius 3 is 2.95 bits per heavy atom. The lowest BCUT2D eigenvalue weighted by atomic mass is 9.97. The molecule has 0 unspecified atom stereocenters. The van der Waals surface area contributed by atoms with Crippen LogP contribution in [0.1, 0.15) is 30.0 Å². The summed E-state index contributed by atoms with van der Waals surface area (Å²) in [4.78, 5) is 6.48. The summed E-state index contributed by atoms with van der Waals surface area (Å²) in [5.41, 5.74) is 2.11. The minimum atomic E-state index is -2.55. The van der Waals surface area contributed by atoms with Gasteiger partial charge < -0.3 is 4.74 Å². The van der Waals surface area contributed by atoms with Gasteiger partial charge in [0, 0.05) is 32.0 Å². The third-order valence-electron chi connectivity index (χ3n) is 4.18. The van der Waals surface area contributed by atoms with Crippen molar-refractivity contribution in [2.45, 2.75) is 36.3 Å². The highest BCUT2D eigenvalue weighted by Crippen LogP contribution is 2.32. The van der Waals surface area contributed by atoms with Crippen LogP contribution in [0.3, 0.4) is 0 Å². The summed E-state index contributed by atoms with van der Waals surface area (Å²) < 4.78 is 32.2. The number of rotatable bonds is 4. The molecule has 1 aromatic rings. The molecule has 21 heavy (non-hydrogen) atoms. The van der Waals surface area contributed by atoms with Crippen molar-refractivity contribution in [2.75, 3.05) is 32.6 Å². The van der Waals surface area contributed by atoms with Gasteiger partial charge in [-0.2, -0.15) is 0 Å². The number of likely N-dealkylation sites (tertiary alicyclic amines) is 1. The van der Waals surface area contributed by atoms with Crippen LogP contribution in [0.25, 0.3) is 0 Å². The minimum Gasteiger partial charge on any atom is -0.381 e. The molecule has 0 amide bonds. The molecule has 6 heteroatoms. The molecule has 0 bridgehead atoms. The number of thioether (sulfide) groups is 1. The molecule has 0 N–H and O–H groups in total. The molecule has 2 aliphatic rings. The van der Waals surface area contributed by atoms with Gasteiger partial charge in [0.05, 0.1) is 23.9 Å². The van der Waals surface area contributed by atoms with Crippen molar-refractivity contribution in [3.8, 4) is 0 Å². The van der Waals surface area contributed by atoms with Gasteiger partial charge in [-0.15, -0.1) is 11.8 Å². The zero-order valence-electron chi connectivity index (χ0n) is 12.1. The fraction of sp³-hybridized carbons (Fsp3) is 0.667. The molecular formula is C15H20F2N2OS. The normalized spacial score (nSPS) is 25.6. The van der Waals surface area contributed by atoms with E-state index in [0.29, 0.717) is 25.6 Å². The zero-order chi connectivity index (χ0) is 14.9. The van der Waals surface area contributed by atoms with Crippen LogP contribution in [-0.4, -0.2) is 48.4 Å². The largest absolute Gasteiger partial charge is 0.381 e. The van der Waals surface area contributed by atoms with Crippen LogP contribution in [0.2, 0.25) is 0 Å². The molecular weight excluding hydrogens is 294 g/mol. The number of ether oxygens (including phenoxy) is 1. The fourth-order valence-corrected chi connectivity index (χ4v) is 3.44. The van der Waals surface area contributed by atoms with Gasteiger partial charge in [0.1, 0.15) is 0 Å². The van der Waals surface area contributed by atoms with Gasteiger partial charge in [0.15, 0.2) is 0 Å². The van der Waals surface area contributed by atoms with Crippen molar-refractivity contribution < 1.29 is 13.5 Å². The van der Waals surface area contributed by atoms with Gasteiger partial charge >= 0.3 is 0 Å². The average Bonchev–Trinajstić information content (AvgIpc) is 3.08. The highest BCUT2D eigenvalue weighted by atomic mass is 32.2. The number of aromatic nitrogens is 1. The smallest absolute Gasteiger partial charge is 0.261 e. The van der Waals surface area contributed by atoms with E-state index >= 15 is 0 Å². The van der Waals surface area contributed by atoms with Crippen LogP contribution in [0.4, 0.5) is 8.78 Å². The fourth-order valence-electron chi connectivity index (χ4n) is 3.04. The molecule has 3 rings (SSSR count). The van der Waals surface area contributed by atoms with Crippen LogP contribution in [0, 0.1) is 0 Å². The standard InChI is InChI=1S/C15H20F2N2OS/c1-21-14-3-2-12(11-4-7-20-9-11)13(18-14)8-19-6-5-15(16,17)10-19/h2-3,11H,4-10H2,1H3/t11-/m1/s1. The minimum absolute atomic E-state index is 0.0446. The topological polar surface area (TPSA) is 25.4 Å². The number of alkyl halides is 2. The van der Waals surface area contributed by atoms with Crippen molar-refractivity contribution in [1.29, 1.82) is 0 Å². The van der Waals surface area contributed by atoms with Crippen molar-refractivity contribution in [1.82, 2.24) is 9.88 Å². The number of nitrogens with zero attached hydrogens (tertiary/aromatic N) is 2. The summed E-state index contributed by atoms with van der Waals surface area (Å²) in [5.74, 6) is -2.19. The van der Waals surface area contributed by atoms with Gasteiger partial charge in [-0.1, -0.05) is 6.07 Å². The Morgan fingerprint density at radius 2 is 2.33 bits per heavy atom. The van der Waals surface area contributed by atoms with Gasteiger partial charge in [0.25, 0.3) is 5.92 Å². The van der Waals surface area contributed by atoms with Crippen molar-refractivity contribution >= 4 is 11.8 Å². The summed E-state index contributed by atoms with van der Waals surface area (Å²) in [6.07, 6.45) is 2.93. The van der Waals surface area contributed by atoms with Crippen LogP contribution in [-0.2, 0) is 11.3 Å². The second-order valence-corrected chi connectivity index (χ2v) is 6.59. The molecule has 0 radical (unpaired) electrons. The zero-order valence-corrected chi connectivity index (χ0v) is 13.0. The van der Waals surface area contributed by atoms with Gasteiger partial charge in [-0.25, -0.2) is 13.8 Å². The molecule has 1 atom stereocenters. The first-order valence-electron chi connectivity index (χ1n) is 7.29. The number of hydrogen-bond donors (Lipinski definition) is 0. The average molecular weight is 314 g/mol. The predicted octanol–water partition coefficient (Wildman–Crippen LogP) is 3.15.